The highest BCUT2D eigenvalue weighted by molar-refractivity contribution is 5.83. The number of nitrogens with one attached hydrogen (secondary N) is 2. The lowest BCUT2D eigenvalue weighted by Crippen LogP contribution is -2.42. The normalized spacial score (nSPS) is 17.9. The monoisotopic (exact) mass is 286 g/mol. The molecule has 0 radical (unpaired) electrons. The zero-order valence-electron chi connectivity index (χ0n) is 12.4. The maximum absolute atomic E-state index is 11.7. The van der Waals surface area contributed by atoms with E-state index in [0.29, 0.717) is 13.0 Å². The molecule has 0 aromatic heterocycles. The lowest BCUT2D eigenvalue weighted by molar-refractivity contribution is -0.142. The molecule has 0 unspecified atom stereocenters. The zero-order chi connectivity index (χ0) is 15.0. The number of aliphatic carboxylic acids is 1. The molecule has 20 heavy (non-hydrogen) atoms. The quantitative estimate of drug-likeness (QED) is 0.613. The summed E-state index contributed by atoms with van der Waals surface area (Å²) in [6, 6.07) is -0.804. The van der Waals surface area contributed by atoms with E-state index in [1.54, 1.807) is 0 Å². The fraction of sp³-hybridized carbons (Fsp3) is 0.857. The molecule has 1 atom stereocenters. The van der Waals surface area contributed by atoms with Crippen LogP contribution in [0, 0.1) is 5.92 Å². The van der Waals surface area contributed by atoms with Crippen LogP contribution in [-0.4, -0.2) is 48.8 Å². The molecule has 1 rings (SSSR count). The van der Waals surface area contributed by atoms with Crippen molar-refractivity contribution in [3.8, 4) is 0 Å². The molecule has 1 aliphatic rings. The van der Waals surface area contributed by atoms with E-state index in [2.05, 4.69) is 10.6 Å². The van der Waals surface area contributed by atoms with Crippen molar-refractivity contribution in [3.63, 3.8) is 0 Å². The second kappa shape index (κ2) is 8.92. The lowest BCUT2D eigenvalue weighted by atomic mass is 10.0. The van der Waals surface area contributed by atoms with Gasteiger partial charge in [0.2, 0.25) is 5.91 Å². The van der Waals surface area contributed by atoms with Crippen molar-refractivity contribution in [2.24, 2.45) is 5.92 Å². The van der Waals surface area contributed by atoms with E-state index in [-0.39, 0.29) is 24.3 Å². The molecule has 1 aliphatic heterocycles. The number of rotatable bonds is 8. The second-order valence-corrected chi connectivity index (χ2v) is 5.66. The molecule has 0 spiro atoms. The van der Waals surface area contributed by atoms with Crippen molar-refractivity contribution in [1.29, 1.82) is 0 Å². The number of hydrogen-bond donors (Lipinski definition) is 3. The molecule has 0 bridgehead atoms. The minimum atomic E-state index is -0.980. The Morgan fingerprint density at radius 1 is 1.35 bits per heavy atom. The average molecular weight is 286 g/mol. The SMILES string of the molecule is CC(C)C[C@H](NC(=O)CCOC1CCNCC1)C(=O)O. The van der Waals surface area contributed by atoms with Crippen LogP contribution in [0.1, 0.15) is 39.5 Å². The molecule has 1 saturated heterocycles. The van der Waals surface area contributed by atoms with Crippen molar-refractivity contribution >= 4 is 11.9 Å². The molecular weight excluding hydrogens is 260 g/mol. The first-order valence-corrected chi connectivity index (χ1v) is 7.33. The molecule has 0 aromatic carbocycles. The van der Waals surface area contributed by atoms with Gasteiger partial charge in [0.25, 0.3) is 0 Å². The Labute approximate surface area is 120 Å². The number of hydrogen-bond acceptors (Lipinski definition) is 4. The Balaban J connectivity index is 2.21. The standard InChI is InChI=1S/C14H26N2O4/c1-10(2)9-12(14(18)19)16-13(17)5-8-20-11-3-6-15-7-4-11/h10-12,15H,3-9H2,1-2H3,(H,16,17)(H,18,19)/t12-/m0/s1. The first-order chi connectivity index (χ1) is 9.49. The maximum Gasteiger partial charge on any atom is 0.326 e. The van der Waals surface area contributed by atoms with Gasteiger partial charge in [0.1, 0.15) is 6.04 Å². The third-order valence-electron chi connectivity index (χ3n) is 3.31. The molecule has 1 amide bonds. The van der Waals surface area contributed by atoms with Crippen molar-refractivity contribution in [3.05, 3.63) is 0 Å². The second-order valence-electron chi connectivity index (χ2n) is 5.66. The van der Waals surface area contributed by atoms with E-state index in [1.165, 1.54) is 0 Å². The average Bonchev–Trinajstić information content (AvgIpc) is 2.38. The minimum Gasteiger partial charge on any atom is -0.480 e. The predicted octanol–water partition coefficient (Wildman–Crippen LogP) is 0.761. The summed E-state index contributed by atoms with van der Waals surface area (Å²) in [7, 11) is 0. The molecule has 0 saturated carbocycles. The Bertz CT molecular complexity index is 314. The Hall–Kier alpha value is -1.14. The highest BCUT2D eigenvalue weighted by atomic mass is 16.5. The fourth-order valence-electron chi connectivity index (χ4n) is 2.24. The summed E-state index contributed by atoms with van der Waals surface area (Å²) in [6.45, 7) is 6.12. The molecule has 1 heterocycles. The van der Waals surface area contributed by atoms with Crippen LogP contribution in [0.4, 0.5) is 0 Å². The van der Waals surface area contributed by atoms with Crippen LogP contribution in [0.3, 0.4) is 0 Å². The van der Waals surface area contributed by atoms with Gasteiger partial charge in [-0.3, -0.25) is 4.79 Å². The molecule has 1 fully saturated rings. The molecular formula is C14H26N2O4. The Morgan fingerprint density at radius 2 is 2.00 bits per heavy atom. The summed E-state index contributed by atoms with van der Waals surface area (Å²) in [5.41, 5.74) is 0. The van der Waals surface area contributed by atoms with Gasteiger partial charge in [-0.15, -0.1) is 0 Å². The smallest absolute Gasteiger partial charge is 0.326 e. The summed E-state index contributed by atoms with van der Waals surface area (Å²) in [5.74, 6) is -1.01. The number of carboxylic acid groups (broad SMARTS) is 1. The zero-order valence-corrected chi connectivity index (χ0v) is 12.4. The third kappa shape index (κ3) is 6.86. The minimum absolute atomic E-state index is 0.214. The molecule has 6 heteroatoms. The van der Waals surface area contributed by atoms with Crippen molar-refractivity contribution in [2.75, 3.05) is 19.7 Å². The highest BCUT2D eigenvalue weighted by Gasteiger charge is 2.21. The number of amides is 1. The van der Waals surface area contributed by atoms with Crippen molar-refractivity contribution in [2.45, 2.75) is 51.7 Å². The van der Waals surface area contributed by atoms with Crippen LogP contribution in [0.5, 0.6) is 0 Å². The van der Waals surface area contributed by atoms with E-state index >= 15 is 0 Å². The van der Waals surface area contributed by atoms with E-state index in [4.69, 9.17) is 9.84 Å². The van der Waals surface area contributed by atoms with Gasteiger partial charge in [0, 0.05) is 6.42 Å². The molecule has 116 valence electrons. The van der Waals surface area contributed by atoms with Crippen LogP contribution in [0.2, 0.25) is 0 Å². The van der Waals surface area contributed by atoms with E-state index < -0.39 is 12.0 Å². The number of ether oxygens (including phenoxy) is 1. The van der Waals surface area contributed by atoms with E-state index in [0.717, 1.165) is 25.9 Å². The predicted molar refractivity (Wildman–Crippen MR) is 75.5 cm³/mol. The number of piperidine rings is 1. The summed E-state index contributed by atoms with van der Waals surface area (Å²) in [5, 5.41) is 14.8. The van der Waals surface area contributed by atoms with Gasteiger partial charge < -0.3 is 20.5 Å². The van der Waals surface area contributed by atoms with Gasteiger partial charge in [-0.2, -0.15) is 0 Å². The van der Waals surface area contributed by atoms with Crippen molar-refractivity contribution in [1.82, 2.24) is 10.6 Å². The molecule has 0 aromatic rings. The summed E-state index contributed by atoms with van der Waals surface area (Å²) in [4.78, 5) is 22.8. The van der Waals surface area contributed by atoms with E-state index in [1.807, 2.05) is 13.8 Å². The largest absolute Gasteiger partial charge is 0.480 e. The molecule has 6 nitrogen and oxygen atoms in total. The number of carboxylic acids is 1. The third-order valence-corrected chi connectivity index (χ3v) is 3.31. The maximum atomic E-state index is 11.7. The fourth-order valence-corrected chi connectivity index (χ4v) is 2.24. The first-order valence-electron chi connectivity index (χ1n) is 7.33. The van der Waals surface area contributed by atoms with Crippen LogP contribution in [0.15, 0.2) is 0 Å². The molecule has 0 aliphatic carbocycles. The van der Waals surface area contributed by atoms with Crippen LogP contribution < -0.4 is 10.6 Å². The molecule has 3 N–H and O–H groups in total. The van der Waals surface area contributed by atoms with Crippen LogP contribution in [0.25, 0.3) is 0 Å². The number of carbonyl (C=O) groups excluding carboxylic acids is 1. The lowest BCUT2D eigenvalue weighted by Gasteiger charge is -2.23. The van der Waals surface area contributed by atoms with Crippen LogP contribution in [-0.2, 0) is 14.3 Å². The first kappa shape index (κ1) is 16.9. The number of carbonyl (C=O) groups is 2. The van der Waals surface area contributed by atoms with Crippen molar-refractivity contribution < 1.29 is 19.4 Å². The van der Waals surface area contributed by atoms with Crippen LogP contribution >= 0.6 is 0 Å². The summed E-state index contributed by atoms with van der Waals surface area (Å²) in [6.07, 6.45) is 2.80. The van der Waals surface area contributed by atoms with Gasteiger partial charge >= 0.3 is 5.97 Å². The topological polar surface area (TPSA) is 87.7 Å². The Kier molecular flexibility index (Phi) is 7.54. The van der Waals surface area contributed by atoms with Gasteiger partial charge in [-0.1, -0.05) is 13.8 Å². The van der Waals surface area contributed by atoms with E-state index in [9.17, 15) is 9.59 Å². The summed E-state index contributed by atoms with van der Waals surface area (Å²) < 4.78 is 5.63. The van der Waals surface area contributed by atoms with Gasteiger partial charge in [-0.25, -0.2) is 4.79 Å². The van der Waals surface area contributed by atoms with Gasteiger partial charge in [0.05, 0.1) is 12.7 Å². The summed E-state index contributed by atoms with van der Waals surface area (Å²) >= 11 is 0. The highest BCUT2D eigenvalue weighted by Crippen LogP contribution is 2.08. The Morgan fingerprint density at radius 3 is 2.55 bits per heavy atom. The van der Waals surface area contributed by atoms with Gasteiger partial charge in [0.15, 0.2) is 0 Å². The van der Waals surface area contributed by atoms with Gasteiger partial charge in [-0.05, 0) is 38.3 Å².